The lowest BCUT2D eigenvalue weighted by Gasteiger charge is -2.46. The average Bonchev–Trinajstić information content (AvgIpc) is 2.97. The van der Waals surface area contributed by atoms with Gasteiger partial charge in [0.1, 0.15) is 6.29 Å². The Bertz CT molecular complexity index is 673. The van der Waals surface area contributed by atoms with E-state index in [9.17, 15) is 9.90 Å². The Balaban J connectivity index is 0.000000771. The summed E-state index contributed by atoms with van der Waals surface area (Å²) in [6, 6.07) is 0. The molecule has 0 saturated heterocycles. The van der Waals surface area contributed by atoms with Gasteiger partial charge in [-0.2, -0.15) is 0 Å². The Labute approximate surface area is 242 Å². The van der Waals surface area contributed by atoms with Gasteiger partial charge in [0, 0.05) is 19.6 Å². The van der Waals surface area contributed by atoms with Crippen LogP contribution in [0.25, 0.3) is 0 Å². The van der Waals surface area contributed by atoms with Crippen molar-refractivity contribution < 1.29 is 14.6 Å². The van der Waals surface area contributed by atoms with E-state index in [2.05, 4.69) is 13.5 Å². The summed E-state index contributed by atoms with van der Waals surface area (Å²) >= 11 is 0. The molecule has 0 aliphatic heterocycles. The lowest BCUT2D eigenvalue weighted by atomic mass is 9.59. The molecule has 1 N–H and O–H groups in total. The quantitative estimate of drug-likeness (QED) is 0.151. The molecule has 0 aromatic carbocycles. The zero-order chi connectivity index (χ0) is 28.0. The van der Waals surface area contributed by atoms with E-state index >= 15 is 0 Å². The Kier molecular flexibility index (Phi) is 15.2. The zero-order valence-electron chi connectivity index (χ0n) is 26.1. The van der Waals surface area contributed by atoms with Crippen molar-refractivity contribution in [2.75, 3.05) is 20.3 Å². The number of carbonyl (C=O) groups is 1. The number of aliphatic hydroxyl groups is 1. The van der Waals surface area contributed by atoms with Crippen molar-refractivity contribution in [3.05, 3.63) is 12.2 Å². The highest BCUT2D eigenvalue weighted by atomic mass is 16.5. The van der Waals surface area contributed by atoms with E-state index in [4.69, 9.17) is 4.74 Å². The topological polar surface area (TPSA) is 46.5 Å². The lowest BCUT2D eigenvalue weighted by Crippen LogP contribution is -2.36. The standard InChI is InChI=1S/C32H58O2.C4H6O/c1-3-4-5-6-24-7-10-27(11-8-24)28-13-15-29(16-14-28)31-18-17-30-20-25(9-12-32(30)21-31)19-26(22-33)23-34-2;1-4(2)3-5/h24-33H,3-23H2,1-2H3;3H,1H2,2H3. The maximum atomic E-state index is 9.67. The Morgan fingerprint density at radius 2 is 1.26 bits per heavy atom. The molecule has 0 radical (unpaired) electrons. The van der Waals surface area contributed by atoms with Gasteiger partial charge in [-0.15, -0.1) is 0 Å². The molecular formula is C36H64O3. The van der Waals surface area contributed by atoms with E-state index in [1.165, 1.54) is 64.2 Å². The molecule has 4 rings (SSSR count). The van der Waals surface area contributed by atoms with Gasteiger partial charge in [0.25, 0.3) is 0 Å². The highest BCUT2D eigenvalue weighted by Gasteiger charge is 2.40. The van der Waals surface area contributed by atoms with Crippen molar-refractivity contribution in [2.45, 2.75) is 136 Å². The minimum Gasteiger partial charge on any atom is -0.396 e. The lowest BCUT2D eigenvalue weighted by molar-refractivity contribution is -0.104. The predicted octanol–water partition coefficient (Wildman–Crippen LogP) is 9.42. The van der Waals surface area contributed by atoms with Crippen LogP contribution < -0.4 is 0 Å². The molecular weight excluding hydrogens is 480 g/mol. The van der Waals surface area contributed by atoms with Gasteiger partial charge in [-0.25, -0.2) is 0 Å². The van der Waals surface area contributed by atoms with Crippen LogP contribution in [0.2, 0.25) is 0 Å². The minimum atomic E-state index is 0.295. The molecule has 0 aromatic rings. The second-order valence-corrected chi connectivity index (χ2v) is 14.4. The molecule has 0 heterocycles. The summed E-state index contributed by atoms with van der Waals surface area (Å²) in [5, 5.41) is 9.67. The van der Waals surface area contributed by atoms with E-state index in [1.54, 1.807) is 71.8 Å². The monoisotopic (exact) mass is 544 g/mol. The molecule has 226 valence electrons. The van der Waals surface area contributed by atoms with Gasteiger partial charge in [0.05, 0.1) is 6.61 Å². The SMILES string of the molecule is C=C(C)C=O.CCCCCC1CCC(C2CCC(C3CCC4CC(CC(CO)COC)CCC4C3)CC2)CC1. The second-order valence-electron chi connectivity index (χ2n) is 14.4. The van der Waals surface area contributed by atoms with E-state index in [0.717, 1.165) is 60.2 Å². The number of carbonyl (C=O) groups excluding carboxylic acids is 1. The smallest absolute Gasteiger partial charge is 0.145 e. The molecule has 4 aliphatic rings. The summed E-state index contributed by atoms with van der Waals surface area (Å²) in [6.45, 7) is 8.33. The van der Waals surface area contributed by atoms with Crippen molar-refractivity contribution >= 4 is 6.29 Å². The van der Waals surface area contributed by atoms with Gasteiger partial charge < -0.3 is 9.84 Å². The van der Waals surface area contributed by atoms with Gasteiger partial charge in [0.15, 0.2) is 0 Å². The number of hydrogen-bond acceptors (Lipinski definition) is 3. The van der Waals surface area contributed by atoms with Crippen LogP contribution >= 0.6 is 0 Å². The highest BCUT2D eigenvalue weighted by Crippen LogP contribution is 2.51. The maximum absolute atomic E-state index is 9.67. The van der Waals surface area contributed by atoms with Crippen LogP contribution in [0.3, 0.4) is 0 Å². The van der Waals surface area contributed by atoms with Gasteiger partial charge in [-0.1, -0.05) is 58.4 Å². The number of unbranched alkanes of at least 4 members (excludes halogenated alkanes) is 2. The van der Waals surface area contributed by atoms with Crippen LogP contribution in [0, 0.1) is 53.3 Å². The minimum absolute atomic E-state index is 0.295. The van der Waals surface area contributed by atoms with E-state index in [-0.39, 0.29) is 0 Å². The third-order valence-corrected chi connectivity index (χ3v) is 11.5. The van der Waals surface area contributed by atoms with Crippen LogP contribution in [0.15, 0.2) is 12.2 Å². The molecule has 4 fully saturated rings. The van der Waals surface area contributed by atoms with Crippen LogP contribution in [0.1, 0.15) is 136 Å². The number of aliphatic hydroxyl groups excluding tert-OH is 1. The predicted molar refractivity (Wildman–Crippen MR) is 165 cm³/mol. The first-order valence-corrected chi connectivity index (χ1v) is 17.2. The number of methoxy groups -OCH3 is 1. The normalized spacial score (nSPS) is 35.7. The fourth-order valence-electron chi connectivity index (χ4n) is 9.29. The van der Waals surface area contributed by atoms with E-state index in [1.807, 2.05) is 0 Å². The highest BCUT2D eigenvalue weighted by molar-refractivity contribution is 5.70. The number of hydrogen-bond donors (Lipinski definition) is 1. The summed E-state index contributed by atoms with van der Waals surface area (Å²) in [7, 11) is 1.77. The Morgan fingerprint density at radius 1 is 0.795 bits per heavy atom. The molecule has 5 atom stereocenters. The maximum Gasteiger partial charge on any atom is 0.145 e. The molecule has 0 spiro atoms. The van der Waals surface area contributed by atoms with Crippen LogP contribution in [0.5, 0.6) is 0 Å². The average molecular weight is 545 g/mol. The Morgan fingerprint density at radius 3 is 1.79 bits per heavy atom. The molecule has 4 saturated carbocycles. The van der Waals surface area contributed by atoms with Crippen molar-refractivity contribution in [2.24, 2.45) is 53.3 Å². The Hall–Kier alpha value is -0.670. The summed E-state index contributed by atoms with van der Waals surface area (Å²) in [4.78, 5) is 9.41. The van der Waals surface area contributed by atoms with Gasteiger partial charge in [-0.3, -0.25) is 4.79 Å². The zero-order valence-corrected chi connectivity index (χ0v) is 26.1. The van der Waals surface area contributed by atoms with Crippen LogP contribution in [-0.4, -0.2) is 31.7 Å². The van der Waals surface area contributed by atoms with Gasteiger partial charge in [-0.05, 0) is 137 Å². The van der Waals surface area contributed by atoms with E-state index in [0.29, 0.717) is 18.1 Å². The van der Waals surface area contributed by atoms with Crippen molar-refractivity contribution in [3.63, 3.8) is 0 Å². The van der Waals surface area contributed by atoms with Crippen LogP contribution in [-0.2, 0) is 9.53 Å². The number of fused-ring (bicyclic) bond motifs is 1. The molecule has 39 heavy (non-hydrogen) atoms. The van der Waals surface area contributed by atoms with Crippen molar-refractivity contribution in [3.8, 4) is 0 Å². The van der Waals surface area contributed by atoms with Gasteiger partial charge >= 0.3 is 0 Å². The first kappa shape index (κ1) is 32.8. The summed E-state index contributed by atoms with van der Waals surface area (Å²) in [5.41, 5.74) is 0.574. The molecule has 0 aromatic heterocycles. The molecule has 0 bridgehead atoms. The largest absolute Gasteiger partial charge is 0.396 e. The van der Waals surface area contributed by atoms with Gasteiger partial charge in [0.2, 0.25) is 0 Å². The third kappa shape index (κ3) is 10.9. The summed E-state index contributed by atoms with van der Waals surface area (Å²) in [6.07, 6.45) is 29.1. The molecule has 5 unspecified atom stereocenters. The summed E-state index contributed by atoms with van der Waals surface area (Å²) < 4.78 is 5.33. The van der Waals surface area contributed by atoms with E-state index < -0.39 is 0 Å². The van der Waals surface area contributed by atoms with Crippen LogP contribution in [0.4, 0.5) is 0 Å². The third-order valence-electron chi connectivity index (χ3n) is 11.5. The molecule has 3 heteroatoms. The molecule has 3 nitrogen and oxygen atoms in total. The summed E-state index contributed by atoms with van der Waals surface area (Å²) in [5.74, 6) is 8.52. The number of allylic oxidation sites excluding steroid dienone is 1. The molecule has 4 aliphatic carbocycles. The second kappa shape index (κ2) is 18.0. The first-order chi connectivity index (χ1) is 19.0. The fraction of sp³-hybridized carbons (Fsp3) is 0.917. The number of rotatable bonds is 12. The van der Waals surface area contributed by atoms with Crippen molar-refractivity contribution in [1.82, 2.24) is 0 Å². The molecule has 0 amide bonds. The van der Waals surface area contributed by atoms with Crippen molar-refractivity contribution in [1.29, 1.82) is 0 Å². The first-order valence-electron chi connectivity index (χ1n) is 17.2. The number of ether oxygens (including phenoxy) is 1. The number of aldehydes is 1. The fourth-order valence-corrected chi connectivity index (χ4v) is 9.29.